The van der Waals surface area contributed by atoms with Crippen LogP contribution in [0.2, 0.25) is 0 Å². The molecule has 0 aromatic carbocycles. The summed E-state index contributed by atoms with van der Waals surface area (Å²) in [6, 6.07) is 0. The van der Waals surface area contributed by atoms with Gasteiger partial charge in [-0.25, -0.2) is 4.18 Å². The summed E-state index contributed by atoms with van der Waals surface area (Å²) < 4.78 is 32.7. The normalized spacial score (nSPS) is 11.3. The maximum atomic E-state index is 11.7. The monoisotopic (exact) mass is 472 g/mol. The Morgan fingerprint density at radius 1 is 0.613 bits per heavy atom. The van der Waals surface area contributed by atoms with Crippen LogP contribution in [0.3, 0.4) is 0 Å². The summed E-state index contributed by atoms with van der Waals surface area (Å²) in [5.74, 6) is -0.707. The van der Waals surface area contributed by atoms with Crippen molar-refractivity contribution >= 4 is 16.4 Å². The zero-order chi connectivity index (χ0) is 22.3. The van der Waals surface area contributed by atoms with E-state index >= 15 is 0 Å². The maximum absolute atomic E-state index is 11.7. The molecular formula is C24H49NaO5S. The molecule has 0 saturated heterocycles. The number of carbonyl (C=O) groups excluding carboxylic acids is 1. The van der Waals surface area contributed by atoms with Crippen LogP contribution in [0.25, 0.3) is 0 Å². The maximum Gasteiger partial charge on any atom is 1.00 e. The zero-order valence-corrected chi connectivity index (χ0v) is 23.6. The summed E-state index contributed by atoms with van der Waals surface area (Å²) in [7, 11) is -4.20. The van der Waals surface area contributed by atoms with Crippen LogP contribution < -0.4 is 29.6 Å². The van der Waals surface area contributed by atoms with Gasteiger partial charge in [0.2, 0.25) is 0 Å². The van der Waals surface area contributed by atoms with E-state index in [-0.39, 0.29) is 44.0 Å². The van der Waals surface area contributed by atoms with Crippen LogP contribution in [-0.2, 0) is 23.6 Å². The molecular weight excluding hydrogens is 423 g/mol. The molecule has 0 aromatic heterocycles. The van der Waals surface area contributed by atoms with Gasteiger partial charge < -0.3 is 5.61 Å². The van der Waals surface area contributed by atoms with Crippen molar-refractivity contribution in [2.75, 3.05) is 6.61 Å². The molecule has 7 heteroatoms. The summed E-state index contributed by atoms with van der Waals surface area (Å²) in [5, 5.41) is 0. The molecule has 5 nitrogen and oxygen atoms in total. The van der Waals surface area contributed by atoms with E-state index in [0.717, 1.165) is 25.7 Å². The van der Waals surface area contributed by atoms with E-state index in [2.05, 4.69) is 18.0 Å². The fourth-order valence-corrected chi connectivity index (χ4v) is 4.19. The Morgan fingerprint density at radius 3 is 1.39 bits per heavy atom. The first-order valence-corrected chi connectivity index (χ1v) is 14.0. The molecule has 0 bridgehead atoms. The molecule has 0 atom stereocenters. The van der Waals surface area contributed by atoms with Crippen LogP contribution in [0, 0.1) is 0 Å². The molecule has 0 aromatic rings. The van der Waals surface area contributed by atoms with E-state index in [4.69, 9.17) is 4.18 Å². The average Bonchev–Trinajstić information content (AvgIpc) is 2.70. The van der Waals surface area contributed by atoms with Gasteiger partial charge in [0, 0.05) is 6.42 Å². The number of rotatable bonds is 23. The number of hydrogen-bond acceptors (Lipinski definition) is 5. The minimum Gasteiger partial charge on any atom is -1.00 e. The molecule has 0 saturated carbocycles. The molecule has 0 aliphatic heterocycles. The molecule has 0 radical (unpaired) electrons. The third-order valence-electron chi connectivity index (χ3n) is 5.41. The number of carbonyl (C=O) groups is 1. The summed E-state index contributed by atoms with van der Waals surface area (Å²) in [5.41, 5.74) is 0. The molecule has 0 fully saturated rings. The fraction of sp³-hybridized carbons (Fsp3) is 0.958. The van der Waals surface area contributed by atoms with E-state index < -0.39 is 16.4 Å². The van der Waals surface area contributed by atoms with Gasteiger partial charge in [-0.3, -0.25) is 4.79 Å². The fourth-order valence-electron chi connectivity index (χ4n) is 3.51. The van der Waals surface area contributed by atoms with Crippen molar-refractivity contribution in [3.8, 4) is 0 Å². The third kappa shape index (κ3) is 26.5. The second-order valence-corrected chi connectivity index (χ2v) is 9.66. The smallest absolute Gasteiger partial charge is 1.00 e. The van der Waals surface area contributed by atoms with Crippen molar-refractivity contribution in [2.24, 2.45) is 0 Å². The van der Waals surface area contributed by atoms with Crippen molar-refractivity contribution in [2.45, 2.75) is 142 Å². The molecule has 0 amide bonds. The van der Waals surface area contributed by atoms with Gasteiger partial charge in [0.15, 0.2) is 0 Å². The number of unbranched alkanes of at least 4 members (excludes halogenated alkanes) is 17. The van der Waals surface area contributed by atoms with Gasteiger partial charge in [-0.2, -0.15) is 8.42 Å². The average molecular weight is 473 g/mol. The zero-order valence-electron chi connectivity index (χ0n) is 21.8. The summed E-state index contributed by atoms with van der Waals surface area (Å²) in [6.45, 7) is 4.52. The van der Waals surface area contributed by atoms with Crippen molar-refractivity contribution in [3.05, 3.63) is 0 Å². The second-order valence-electron chi connectivity index (χ2n) is 8.45. The van der Waals surface area contributed by atoms with Gasteiger partial charge in [-0.15, -0.1) is 0 Å². The van der Waals surface area contributed by atoms with Gasteiger partial charge in [0.1, 0.15) is 0 Å². The van der Waals surface area contributed by atoms with Crippen LogP contribution in [0.4, 0.5) is 0 Å². The van der Waals surface area contributed by atoms with E-state index in [1.807, 2.05) is 0 Å². The van der Waals surface area contributed by atoms with Crippen LogP contribution in [0.15, 0.2) is 0 Å². The Balaban J connectivity index is -0.00000420. The Hall–Kier alpha value is 0.380. The number of hydrogen-bond donors (Lipinski definition) is 0. The largest absolute Gasteiger partial charge is 1.00 e. The van der Waals surface area contributed by atoms with Gasteiger partial charge in [0.25, 0.3) is 0 Å². The molecule has 0 rings (SSSR count). The van der Waals surface area contributed by atoms with E-state index in [9.17, 15) is 13.2 Å². The summed E-state index contributed by atoms with van der Waals surface area (Å²) in [6.07, 6.45) is 22.1. The predicted octanol–water partition coefficient (Wildman–Crippen LogP) is 4.75. The van der Waals surface area contributed by atoms with Crippen LogP contribution in [-0.4, -0.2) is 21.0 Å². The summed E-state index contributed by atoms with van der Waals surface area (Å²) in [4.78, 5) is 11.7. The molecule has 0 heterocycles. The molecule has 31 heavy (non-hydrogen) atoms. The molecule has 0 spiro atoms. The van der Waals surface area contributed by atoms with E-state index in [1.54, 1.807) is 0 Å². The van der Waals surface area contributed by atoms with Crippen molar-refractivity contribution < 1.29 is 52.6 Å². The van der Waals surface area contributed by atoms with Gasteiger partial charge >= 0.3 is 45.9 Å². The Bertz CT molecular complexity index is 489. The van der Waals surface area contributed by atoms with Gasteiger partial charge in [-0.05, 0) is 12.8 Å². The molecule has 182 valence electrons. The van der Waals surface area contributed by atoms with E-state index in [0.29, 0.717) is 12.8 Å². The molecule has 0 N–H and O–H groups in total. The summed E-state index contributed by atoms with van der Waals surface area (Å²) >= 11 is 0. The minimum absolute atomic E-state index is 0. The third-order valence-corrected chi connectivity index (χ3v) is 6.25. The minimum atomic E-state index is -4.20. The topological polar surface area (TPSA) is 69.7 Å². The SMILES string of the molecule is CCCCCCCCCCCCOS(=O)(=O)OC(=O)CCCCCCCCCCC.[H-].[Na+]. The Kier molecular flexibility index (Phi) is 27.1. The van der Waals surface area contributed by atoms with Crippen molar-refractivity contribution in [1.82, 2.24) is 0 Å². The first-order chi connectivity index (χ1) is 14.5. The first kappa shape index (κ1) is 33.6. The van der Waals surface area contributed by atoms with E-state index in [1.165, 1.54) is 83.5 Å². The molecule has 0 aliphatic carbocycles. The van der Waals surface area contributed by atoms with Crippen molar-refractivity contribution in [3.63, 3.8) is 0 Å². The molecule has 0 aliphatic rings. The second kappa shape index (κ2) is 25.0. The Labute approximate surface area is 216 Å². The quantitative estimate of drug-likeness (QED) is 0.159. The predicted molar refractivity (Wildman–Crippen MR) is 126 cm³/mol. The van der Waals surface area contributed by atoms with Crippen molar-refractivity contribution in [1.29, 1.82) is 0 Å². The van der Waals surface area contributed by atoms with Crippen LogP contribution in [0.5, 0.6) is 0 Å². The first-order valence-electron chi connectivity index (χ1n) is 12.6. The Morgan fingerprint density at radius 2 is 0.968 bits per heavy atom. The van der Waals surface area contributed by atoms with Crippen LogP contribution >= 0.6 is 0 Å². The van der Waals surface area contributed by atoms with Gasteiger partial charge in [-0.1, -0.05) is 123 Å². The van der Waals surface area contributed by atoms with Crippen LogP contribution in [0.1, 0.15) is 144 Å². The standard InChI is InChI=1S/C24H48O5S.Na.H/c1-3-5-7-9-11-13-15-17-19-21-23-28-30(26,27)29-24(25)22-20-18-16-14-12-10-8-6-4-2;;/h3-23H2,1-2H3;;/q;+1;-1. The van der Waals surface area contributed by atoms with Gasteiger partial charge in [0.05, 0.1) is 6.61 Å². The molecule has 0 unspecified atom stereocenters.